The Labute approximate surface area is 115 Å². The van der Waals surface area contributed by atoms with Crippen LogP contribution >= 0.6 is 0 Å². The molecule has 1 aromatic rings. The van der Waals surface area contributed by atoms with Gasteiger partial charge in [0.15, 0.2) is 0 Å². The van der Waals surface area contributed by atoms with E-state index in [1.54, 1.807) is 7.11 Å². The van der Waals surface area contributed by atoms with E-state index in [2.05, 4.69) is 19.2 Å². The van der Waals surface area contributed by atoms with Crippen molar-refractivity contribution < 1.29 is 9.53 Å². The van der Waals surface area contributed by atoms with E-state index in [1.807, 2.05) is 25.1 Å². The smallest absolute Gasteiger partial charge is 0.227 e. The quantitative estimate of drug-likeness (QED) is 0.829. The highest BCUT2D eigenvalue weighted by molar-refractivity contribution is 5.92. The Hall–Kier alpha value is -1.39. The summed E-state index contributed by atoms with van der Waals surface area (Å²) in [7, 11) is 1.57. The van der Waals surface area contributed by atoms with Gasteiger partial charge in [-0.25, -0.2) is 0 Å². The van der Waals surface area contributed by atoms with Gasteiger partial charge in [-0.05, 0) is 24.0 Å². The minimum Gasteiger partial charge on any atom is -0.380 e. The van der Waals surface area contributed by atoms with Crippen molar-refractivity contribution in [2.75, 3.05) is 19.0 Å². The Morgan fingerprint density at radius 1 is 1.42 bits per heavy atom. The number of benzene rings is 1. The number of amides is 1. The Kier molecular flexibility index (Phi) is 5.99. The number of nitrogens with one attached hydrogen (secondary N) is 1. The molecule has 0 aliphatic heterocycles. The maximum absolute atomic E-state index is 12.0. The van der Waals surface area contributed by atoms with Crippen LogP contribution in [0.1, 0.15) is 37.3 Å². The highest BCUT2D eigenvalue weighted by atomic mass is 16.5. The second-order valence-electron chi connectivity index (χ2n) is 5.04. The molecule has 106 valence electrons. The topological polar surface area (TPSA) is 64.3 Å². The number of carbonyl (C=O) groups is 1. The first kappa shape index (κ1) is 15.7. The molecule has 0 aromatic heterocycles. The fourth-order valence-electron chi connectivity index (χ4n) is 2.00. The molecule has 0 spiro atoms. The van der Waals surface area contributed by atoms with Gasteiger partial charge < -0.3 is 15.8 Å². The van der Waals surface area contributed by atoms with Crippen LogP contribution in [-0.4, -0.2) is 25.7 Å². The van der Waals surface area contributed by atoms with Gasteiger partial charge in [0.05, 0.1) is 12.5 Å². The molecule has 1 amide bonds. The molecule has 4 nitrogen and oxygen atoms in total. The normalized spacial score (nSPS) is 12.5. The van der Waals surface area contributed by atoms with E-state index in [9.17, 15) is 4.79 Å². The average molecular weight is 264 g/mol. The van der Waals surface area contributed by atoms with Crippen molar-refractivity contribution in [3.05, 3.63) is 29.3 Å². The SMILES string of the molecule is COC(CN)CC(=O)Nc1c(C)cccc1C(C)C. The molecule has 0 heterocycles. The number of anilines is 1. The Bertz CT molecular complexity index is 426. The van der Waals surface area contributed by atoms with Gasteiger partial charge in [0.1, 0.15) is 0 Å². The van der Waals surface area contributed by atoms with Gasteiger partial charge in [0.25, 0.3) is 0 Å². The zero-order valence-corrected chi connectivity index (χ0v) is 12.2. The number of nitrogens with two attached hydrogens (primary N) is 1. The number of ether oxygens (including phenoxy) is 1. The van der Waals surface area contributed by atoms with Crippen LogP contribution in [-0.2, 0) is 9.53 Å². The lowest BCUT2D eigenvalue weighted by atomic mass is 9.98. The minimum absolute atomic E-state index is 0.0616. The fourth-order valence-corrected chi connectivity index (χ4v) is 2.00. The number of carbonyl (C=O) groups excluding carboxylic acids is 1. The Morgan fingerprint density at radius 2 is 2.11 bits per heavy atom. The molecule has 0 aliphatic carbocycles. The summed E-state index contributed by atoms with van der Waals surface area (Å²) in [4.78, 5) is 12.0. The fraction of sp³-hybridized carbons (Fsp3) is 0.533. The zero-order chi connectivity index (χ0) is 14.4. The molecular formula is C15H24N2O2. The molecule has 1 aromatic carbocycles. The molecule has 0 bridgehead atoms. The molecule has 0 saturated heterocycles. The van der Waals surface area contributed by atoms with Gasteiger partial charge in [-0.1, -0.05) is 32.0 Å². The third-order valence-electron chi connectivity index (χ3n) is 3.20. The van der Waals surface area contributed by atoms with E-state index >= 15 is 0 Å². The van der Waals surface area contributed by atoms with Crippen LogP contribution in [0.3, 0.4) is 0 Å². The second-order valence-corrected chi connectivity index (χ2v) is 5.04. The summed E-state index contributed by atoms with van der Waals surface area (Å²) in [6, 6.07) is 6.06. The first-order valence-corrected chi connectivity index (χ1v) is 6.61. The van der Waals surface area contributed by atoms with Crippen molar-refractivity contribution in [1.82, 2.24) is 0 Å². The lowest BCUT2D eigenvalue weighted by Gasteiger charge is -2.18. The summed E-state index contributed by atoms with van der Waals surface area (Å²) in [6.07, 6.45) is 0.0466. The molecule has 0 fully saturated rings. The first-order chi connectivity index (χ1) is 8.99. The van der Waals surface area contributed by atoms with Crippen molar-refractivity contribution in [3.8, 4) is 0 Å². The third-order valence-corrected chi connectivity index (χ3v) is 3.20. The van der Waals surface area contributed by atoms with Crippen molar-refractivity contribution in [3.63, 3.8) is 0 Å². The highest BCUT2D eigenvalue weighted by Crippen LogP contribution is 2.27. The molecule has 19 heavy (non-hydrogen) atoms. The number of hydrogen-bond donors (Lipinski definition) is 2. The van der Waals surface area contributed by atoms with Crippen molar-refractivity contribution in [2.45, 2.75) is 39.2 Å². The van der Waals surface area contributed by atoms with Gasteiger partial charge in [0, 0.05) is 19.3 Å². The summed E-state index contributed by atoms with van der Waals surface area (Å²) in [5.74, 6) is 0.302. The third kappa shape index (κ3) is 4.33. The molecular weight excluding hydrogens is 240 g/mol. The number of aryl methyl sites for hydroxylation is 1. The van der Waals surface area contributed by atoms with E-state index in [4.69, 9.17) is 10.5 Å². The van der Waals surface area contributed by atoms with Crippen molar-refractivity contribution in [1.29, 1.82) is 0 Å². The van der Waals surface area contributed by atoms with Crippen molar-refractivity contribution in [2.24, 2.45) is 5.73 Å². The zero-order valence-electron chi connectivity index (χ0n) is 12.2. The molecule has 0 radical (unpaired) electrons. The monoisotopic (exact) mass is 264 g/mol. The largest absolute Gasteiger partial charge is 0.380 e. The predicted molar refractivity (Wildman–Crippen MR) is 78.4 cm³/mol. The summed E-state index contributed by atoms with van der Waals surface area (Å²) < 4.78 is 5.13. The summed E-state index contributed by atoms with van der Waals surface area (Å²) in [5.41, 5.74) is 8.66. The van der Waals surface area contributed by atoms with Gasteiger partial charge >= 0.3 is 0 Å². The lowest BCUT2D eigenvalue weighted by molar-refractivity contribution is -0.118. The van der Waals surface area contributed by atoms with Gasteiger partial charge in [-0.3, -0.25) is 4.79 Å². The van der Waals surface area contributed by atoms with Crippen LogP contribution in [0, 0.1) is 6.92 Å². The number of rotatable bonds is 6. The summed E-state index contributed by atoms with van der Waals surface area (Å²) >= 11 is 0. The van der Waals surface area contributed by atoms with Crippen LogP contribution in [0.25, 0.3) is 0 Å². The summed E-state index contributed by atoms with van der Waals surface area (Å²) in [5, 5.41) is 2.98. The van der Waals surface area contributed by atoms with Crippen LogP contribution in [0.2, 0.25) is 0 Å². The Morgan fingerprint density at radius 3 is 2.63 bits per heavy atom. The van der Waals surface area contributed by atoms with E-state index in [-0.39, 0.29) is 18.4 Å². The van der Waals surface area contributed by atoms with Crippen LogP contribution < -0.4 is 11.1 Å². The van der Waals surface area contributed by atoms with E-state index in [0.717, 1.165) is 16.8 Å². The van der Waals surface area contributed by atoms with Crippen LogP contribution in [0.15, 0.2) is 18.2 Å². The van der Waals surface area contributed by atoms with Crippen LogP contribution in [0.5, 0.6) is 0 Å². The second kappa shape index (κ2) is 7.26. The lowest BCUT2D eigenvalue weighted by Crippen LogP contribution is -2.28. The first-order valence-electron chi connectivity index (χ1n) is 6.61. The standard InChI is InChI=1S/C15H24N2O2/c1-10(2)13-7-5-6-11(3)15(13)17-14(18)8-12(9-16)19-4/h5-7,10,12H,8-9,16H2,1-4H3,(H,17,18). The maximum Gasteiger partial charge on any atom is 0.227 e. The molecule has 4 heteroatoms. The molecule has 0 saturated carbocycles. The molecule has 3 N–H and O–H groups in total. The van der Waals surface area contributed by atoms with Crippen LogP contribution in [0.4, 0.5) is 5.69 Å². The van der Waals surface area contributed by atoms with Crippen molar-refractivity contribution >= 4 is 11.6 Å². The number of methoxy groups -OCH3 is 1. The van der Waals surface area contributed by atoms with Gasteiger partial charge in [-0.15, -0.1) is 0 Å². The predicted octanol–water partition coefficient (Wildman–Crippen LogP) is 2.42. The molecule has 1 atom stereocenters. The van der Waals surface area contributed by atoms with E-state index in [0.29, 0.717) is 12.5 Å². The van der Waals surface area contributed by atoms with E-state index in [1.165, 1.54) is 0 Å². The van der Waals surface area contributed by atoms with Gasteiger partial charge in [0.2, 0.25) is 5.91 Å². The summed E-state index contributed by atoms with van der Waals surface area (Å²) in [6.45, 7) is 6.57. The molecule has 1 rings (SSSR count). The highest BCUT2D eigenvalue weighted by Gasteiger charge is 2.15. The number of para-hydroxylation sites is 1. The molecule has 0 aliphatic rings. The Balaban J connectivity index is 2.84. The molecule has 1 unspecified atom stereocenters. The number of hydrogen-bond acceptors (Lipinski definition) is 3. The van der Waals surface area contributed by atoms with E-state index < -0.39 is 0 Å². The average Bonchev–Trinajstić information content (AvgIpc) is 2.38. The minimum atomic E-state index is -0.230. The maximum atomic E-state index is 12.0. The van der Waals surface area contributed by atoms with Gasteiger partial charge in [-0.2, -0.15) is 0 Å².